The first-order valence-electron chi connectivity index (χ1n) is 7.13. The van der Waals surface area contributed by atoms with Gasteiger partial charge in [-0.1, -0.05) is 20.3 Å². The molecule has 19 heavy (non-hydrogen) atoms. The van der Waals surface area contributed by atoms with Crippen LogP contribution in [0.4, 0.5) is 11.6 Å². The maximum atomic E-state index is 5.54. The number of rotatable bonds is 7. The van der Waals surface area contributed by atoms with Crippen molar-refractivity contribution in [1.82, 2.24) is 9.97 Å². The van der Waals surface area contributed by atoms with Gasteiger partial charge in [0.1, 0.15) is 17.5 Å². The number of nitrogens with two attached hydrogens (primary N) is 1. The minimum absolute atomic E-state index is 0.463. The van der Waals surface area contributed by atoms with Gasteiger partial charge < -0.3 is 10.3 Å². The SMILES string of the molecule is CCCCN(c1nc(C)nc(NN)c1C)C(C)CC. The Morgan fingerprint density at radius 2 is 1.95 bits per heavy atom. The van der Waals surface area contributed by atoms with Crippen LogP contribution in [0, 0.1) is 13.8 Å². The number of aromatic nitrogens is 2. The summed E-state index contributed by atoms with van der Waals surface area (Å²) in [6.45, 7) is 11.6. The van der Waals surface area contributed by atoms with Gasteiger partial charge in [0.25, 0.3) is 0 Å². The topological polar surface area (TPSA) is 67.1 Å². The predicted octanol–water partition coefficient (Wildman–Crippen LogP) is 2.78. The number of nitrogens with one attached hydrogen (secondary N) is 1. The van der Waals surface area contributed by atoms with Gasteiger partial charge in [-0.2, -0.15) is 0 Å². The molecule has 1 unspecified atom stereocenters. The van der Waals surface area contributed by atoms with Crippen LogP contribution in [0.1, 0.15) is 51.4 Å². The van der Waals surface area contributed by atoms with Crippen molar-refractivity contribution in [2.24, 2.45) is 5.84 Å². The predicted molar refractivity (Wildman–Crippen MR) is 81.3 cm³/mol. The van der Waals surface area contributed by atoms with Gasteiger partial charge in [0.15, 0.2) is 0 Å². The van der Waals surface area contributed by atoms with E-state index in [0.717, 1.165) is 36.6 Å². The third-order valence-corrected chi connectivity index (χ3v) is 3.52. The molecule has 0 spiro atoms. The molecule has 0 aromatic carbocycles. The van der Waals surface area contributed by atoms with Crippen molar-refractivity contribution < 1.29 is 0 Å². The molecule has 0 radical (unpaired) electrons. The summed E-state index contributed by atoms with van der Waals surface area (Å²) in [6.07, 6.45) is 3.44. The molecule has 0 fully saturated rings. The zero-order valence-electron chi connectivity index (χ0n) is 12.8. The zero-order valence-corrected chi connectivity index (χ0v) is 12.8. The van der Waals surface area contributed by atoms with Crippen LogP contribution in [0.15, 0.2) is 0 Å². The van der Waals surface area contributed by atoms with E-state index < -0.39 is 0 Å². The molecule has 0 aliphatic carbocycles. The Kier molecular flexibility index (Phi) is 6.02. The second kappa shape index (κ2) is 7.28. The molecule has 108 valence electrons. The average Bonchev–Trinajstić information content (AvgIpc) is 2.41. The molecule has 3 N–H and O–H groups in total. The van der Waals surface area contributed by atoms with Gasteiger partial charge >= 0.3 is 0 Å². The molecule has 1 aromatic heterocycles. The van der Waals surface area contributed by atoms with E-state index in [0.29, 0.717) is 11.9 Å². The number of hydrogen-bond acceptors (Lipinski definition) is 5. The van der Waals surface area contributed by atoms with Crippen LogP contribution in [-0.2, 0) is 0 Å². The third kappa shape index (κ3) is 3.80. The van der Waals surface area contributed by atoms with E-state index in [1.54, 1.807) is 0 Å². The Morgan fingerprint density at radius 3 is 2.47 bits per heavy atom. The molecule has 1 rings (SSSR count). The number of anilines is 2. The first kappa shape index (κ1) is 15.7. The number of unbranched alkanes of at least 4 members (excludes halogenated alkanes) is 1. The summed E-state index contributed by atoms with van der Waals surface area (Å²) in [4.78, 5) is 11.3. The maximum Gasteiger partial charge on any atom is 0.148 e. The van der Waals surface area contributed by atoms with Gasteiger partial charge in [0, 0.05) is 18.2 Å². The number of nitrogens with zero attached hydrogens (tertiary/aromatic N) is 3. The fourth-order valence-corrected chi connectivity index (χ4v) is 2.12. The fourth-order valence-electron chi connectivity index (χ4n) is 2.12. The van der Waals surface area contributed by atoms with Crippen molar-refractivity contribution >= 4 is 11.6 Å². The number of nitrogen functional groups attached to an aromatic ring is 1. The van der Waals surface area contributed by atoms with Crippen LogP contribution >= 0.6 is 0 Å². The second-order valence-electron chi connectivity index (χ2n) is 5.02. The van der Waals surface area contributed by atoms with E-state index in [9.17, 15) is 0 Å². The molecule has 0 saturated carbocycles. The van der Waals surface area contributed by atoms with Crippen LogP contribution in [0.3, 0.4) is 0 Å². The molecule has 1 heterocycles. The standard InChI is InChI=1S/C14H27N5/c1-6-8-9-19(10(3)7-2)14-11(4)13(18-15)16-12(5)17-14/h10H,6-9,15H2,1-5H3,(H,16,17,18). The minimum Gasteiger partial charge on any atom is -0.354 e. The quantitative estimate of drug-likeness (QED) is 0.586. The summed E-state index contributed by atoms with van der Waals surface area (Å²) in [5.74, 6) is 8.01. The highest BCUT2D eigenvalue weighted by Crippen LogP contribution is 2.25. The highest BCUT2D eigenvalue weighted by atomic mass is 15.3. The van der Waals surface area contributed by atoms with Crippen LogP contribution < -0.4 is 16.2 Å². The lowest BCUT2D eigenvalue weighted by atomic mass is 10.1. The van der Waals surface area contributed by atoms with E-state index in [2.05, 4.69) is 41.1 Å². The number of aryl methyl sites for hydroxylation is 1. The third-order valence-electron chi connectivity index (χ3n) is 3.52. The Balaban J connectivity index is 3.16. The second-order valence-corrected chi connectivity index (χ2v) is 5.02. The summed E-state index contributed by atoms with van der Waals surface area (Å²) in [6, 6.07) is 0.463. The Labute approximate surface area is 116 Å². The van der Waals surface area contributed by atoms with Crippen molar-refractivity contribution in [1.29, 1.82) is 0 Å². The molecule has 0 aliphatic heterocycles. The number of hydrazine groups is 1. The summed E-state index contributed by atoms with van der Waals surface area (Å²) >= 11 is 0. The van der Waals surface area contributed by atoms with Gasteiger partial charge in [-0.25, -0.2) is 15.8 Å². The average molecular weight is 265 g/mol. The Morgan fingerprint density at radius 1 is 1.26 bits per heavy atom. The molecule has 0 bridgehead atoms. The molecule has 5 heteroatoms. The highest BCUT2D eigenvalue weighted by Gasteiger charge is 2.18. The van der Waals surface area contributed by atoms with E-state index in [-0.39, 0.29) is 0 Å². The lowest BCUT2D eigenvalue weighted by Crippen LogP contribution is -2.35. The van der Waals surface area contributed by atoms with Crippen LogP contribution in [0.25, 0.3) is 0 Å². The molecule has 1 aromatic rings. The summed E-state index contributed by atoms with van der Waals surface area (Å²) in [5.41, 5.74) is 3.68. The minimum atomic E-state index is 0.463. The molecule has 5 nitrogen and oxygen atoms in total. The molecule has 0 saturated heterocycles. The van der Waals surface area contributed by atoms with E-state index >= 15 is 0 Å². The summed E-state index contributed by atoms with van der Waals surface area (Å²) < 4.78 is 0. The molecular formula is C14H27N5. The van der Waals surface area contributed by atoms with Crippen molar-refractivity contribution in [3.05, 3.63) is 11.4 Å². The van der Waals surface area contributed by atoms with Crippen molar-refractivity contribution in [2.45, 2.75) is 59.9 Å². The Bertz CT molecular complexity index is 405. The van der Waals surface area contributed by atoms with Crippen LogP contribution in [0.2, 0.25) is 0 Å². The molecular weight excluding hydrogens is 238 g/mol. The lowest BCUT2D eigenvalue weighted by Gasteiger charge is -2.31. The molecule has 0 aliphatic rings. The van der Waals surface area contributed by atoms with Crippen LogP contribution in [0.5, 0.6) is 0 Å². The van der Waals surface area contributed by atoms with E-state index in [4.69, 9.17) is 5.84 Å². The van der Waals surface area contributed by atoms with Crippen molar-refractivity contribution in [2.75, 3.05) is 16.9 Å². The Hall–Kier alpha value is -1.36. The molecule has 0 amide bonds. The van der Waals surface area contributed by atoms with Gasteiger partial charge in [-0.3, -0.25) is 0 Å². The van der Waals surface area contributed by atoms with Gasteiger partial charge in [0.05, 0.1) is 0 Å². The number of hydrogen-bond donors (Lipinski definition) is 2. The van der Waals surface area contributed by atoms with E-state index in [1.165, 1.54) is 6.42 Å². The lowest BCUT2D eigenvalue weighted by molar-refractivity contribution is 0.587. The molecule has 1 atom stereocenters. The van der Waals surface area contributed by atoms with Crippen molar-refractivity contribution in [3.63, 3.8) is 0 Å². The normalized spacial score (nSPS) is 12.3. The first-order valence-corrected chi connectivity index (χ1v) is 7.13. The van der Waals surface area contributed by atoms with Gasteiger partial charge in [-0.15, -0.1) is 0 Å². The fraction of sp³-hybridized carbons (Fsp3) is 0.714. The van der Waals surface area contributed by atoms with Crippen LogP contribution in [-0.4, -0.2) is 22.6 Å². The highest BCUT2D eigenvalue weighted by molar-refractivity contribution is 5.58. The van der Waals surface area contributed by atoms with E-state index in [1.807, 2.05) is 13.8 Å². The van der Waals surface area contributed by atoms with Gasteiger partial charge in [-0.05, 0) is 33.6 Å². The first-order chi connectivity index (χ1) is 9.04. The zero-order chi connectivity index (χ0) is 14.4. The monoisotopic (exact) mass is 265 g/mol. The summed E-state index contributed by atoms with van der Waals surface area (Å²) in [7, 11) is 0. The smallest absolute Gasteiger partial charge is 0.148 e. The van der Waals surface area contributed by atoms with Crippen molar-refractivity contribution in [3.8, 4) is 0 Å². The maximum absolute atomic E-state index is 5.54. The van der Waals surface area contributed by atoms with Gasteiger partial charge in [0.2, 0.25) is 0 Å². The largest absolute Gasteiger partial charge is 0.354 e. The summed E-state index contributed by atoms with van der Waals surface area (Å²) in [5, 5.41) is 0.